The zero-order valence-corrected chi connectivity index (χ0v) is 13.0. The maximum atomic E-state index is 13.1. The van der Waals surface area contributed by atoms with E-state index < -0.39 is 12.2 Å². The van der Waals surface area contributed by atoms with Crippen molar-refractivity contribution < 1.29 is 18.0 Å². The highest BCUT2D eigenvalue weighted by atomic mass is 19.4. The van der Waals surface area contributed by atoms with E-state index in [1.807, 2.05) is 20.8 Å². The minimum atomic E-state index is -4.32. The summed E-state index contributed by atoms with van der Waals surface area (Å²) in [7, 11) is 0. The Morgan fingerprint density at radius 1 is 1.24 bits per heavy atom. The molecule has 0 radical (unpaired) electrons. The van der Waals surface area contributed by atoms with Crippen LogP contribution in [-0.2, 0) is 4.79 Å². The molecule has 0 aromatic carbocycles. The summed E-state index contributed by atoms with van der Waals surface area (Å²) in [5, 5.41) is 5.46. The molecular weight excluding hydrogens is 283 g/mol. The van der Waals surface area contributed by atoms with Gasteiger partial charge in [-0.1, -0.05) is 20.8 Å². The van der Waals surface area contributed by atoms with Crippen molar-refractivity contribution in [1.82, 2.24) is 15.5 Å². The van der Waals surface area contributed by atoms with Crippen LogP contribution in [0.5, 0.6) is 0 Å². The van der Waals surface area contributed by atoms with E-state index in [0.717, 1.165) is 0 Å². The Kier molecular flexibility index (Phi) is 6.46. The van der Waals surface area contributed by atoms with Gasteiger partial charge < -0.3 is 10.6 Å². The molecule has 1 aliphatic rings. The van der Waals surface area contributed by atoms with Crippen molar-refractivity contribution in [2.75, 3.05) is 32.7 Å². The molecule has 4 nitrogen and oxygen atoms in total. The van der Waals surface area contributed by atoms with Crippen LogP contribution < -0.4 is 10.6 Å². The van der Waals surface area contributed by atoms with Crippen LogP contribution in [0.15, 0.2) is 0 Å². The maximum Gasteiger partial charge on any atom is 0.405 e. The average molecular weight is 309 g/mol. The van der Waals surface area contributed by atoms with E-state index in [9.17, 15) is 18.0 Å². The molecule has 0 spiro atoms. The van der Waals surface area contributed by atoms with Gasteiger partial charge >= 0.3 is 6.18 Å². The van der Waals surface area contributed by atoms with Crippen molar-refractivity contribution in [1.29, 1.82) is 0 Å². The number of carbonyl (C=O) groups is 1. The molecule has 1 aliphatic heterocycles. The summed E-state index contributed by atoms with van der Waals surface area (Å²) >= 11 is 0. The quantitative estimate of drug-likeness (QED) is 0.813. The van der Waals surface area contributed by atoms with Crippen molar-refractivity contribution in [2.24, 2.45) is 5.41 Å². The fraction of sp³-hybridized carbons (Fsp3) is 0.929. The first-order valence-corrected chi connectivity index (χ1v) is 7.38. The number of piperazine rings is 1. The Hall–Kier alpha value is -0.820. The summed E-state index contributed by atoms with van der Waals surface area (Å²) in [5.41, 5.74) is -0.000687. The van der Waals surface area contributed by atoms with Crippen LogP contribution in [-0.4, -0.2) is 55.7 Å². The predicted octanol–water partition coefficient (Wildman–Crippen LogP) is 1.76. The second-order valence-corrected chi connectivity index (χ2v) is 6.71. The van der Waals surface area contributed by atoms with E-state index in [2.05, 4.69) is 10.6 Å². The summed E-state index contributed by atoms with van der Waals surface area (Å²) in [5.74, 6) is -0.311. The number of hydrogen-bond donors (Lipinski definition) is 2. The maximum absolute atomic E-state index is 13.1. The lowest BCUT2D eigenvalue weighted by atomic mass is 9.90. The minimum Gasteiger partial charge on any atom is -0.354 e. The van der Waals surface area contributed by atoms with Gasteiger partial charge in [-0.3, -0.25) is 9.69 Å². The second kappa shape index (κ2) is 7.45. The van der Waals surface area contributed by atoms with Gasteiger partial charge in [0.15, 0.2) is 0 Å². The number of halogens is 3. The molecule has 1 rings (SSSR count). The van der Waals surface area contributed by atoms with E-state index in [4.69, 9.17) is 0 Å². The molecule has 21 heavy (non-hydrogen) atoms. The highest BCUT2D eigenvalue weighted by Crippen LogP contribution is 2.25. The zero-order chi connectivity index (χ0) is 16.1. The molecule has 1 saturated heterocycles. The fourth-order valence-corrected chi connectivity index (χ4v) is 2.23. The number of amides is 1. The third-order valence-electron chi connectivity index (χ3n) is 3.56. The molecule has 7 heteroatoms. The Labute approximate surface area is 124 Å². The lowest BCUT2D eigenvalue weighted by molar-refractivity contribution is -0.184. The number of alkyl halides is 3. The van der Waals surface area contributed by atoms with Gasteiger partial charge in [0.1, 0.15) is 6.04 Å². The van der Waals surface area contributed by atoms with Crippen molar-refractivity contribution >= 4 is 5.91 Å². The molecule has 124 valence electrons. The van der Waals surface area contributed by atoms with Crippen LogP contribution in [0.1, 0.15) is 33.6 Å². The summed E-state index contributed by atoms with van der Waals surface area (Å²) in [6, 6.07) is -1.60. The molecule has 0 aliphatic carbocycles. The Morgan fingerprint density at radius 2 is 1.81 bits per heavy atom. The molecule has 1 atom stereocenters. The smallest absolute Gasteiger partial charge is 0.354 e. The standard InChI is InChI=1S/C14H26F3N3O/c1-13(2,3)5-4-12(21)19-10-11(14(15,16)17)20-8-6-18-7-9-20/h11,18H,4-10H2,1-3H3,(H,19,21). The van der Waals surface area contributed by atoms with E-state index in [-0.39, 0.29) is 24.3 Å². The van der Waals surface area contributed by atoms with Gasteiger partial charge in [-0.2, -0.15) is 13.2 Å². The van der Waals surface area contributed by atoms with Gasteiger partial charge in [-0.25, -0.2) is 0 Å². The number of nitrogens with zero attached hydrogens (tertiary/aromatic N) is 1. The molecule has 1 amide bonds. The lowest BCUT2D eigenvalue weighted by Crippen LogP contribution is -2.57. The van der Waals surface area contributed by atoms with Crippen LogP contribution in [0, 0.1) is 5.41 Å². The van der Waals surface area contributed by atoms with E-state index in [0.29, 0.717) is 32.6 Å². The first kappa shape index (κ1) is 18.2. The van der Waals surface area contributed by atoms with E-state index in [1.165, 1.54) is 4.90 Å². The minimum absolute atomic E-state index is 0.000687. The molecule has 0 aromatic rings. The van der Waals surface area contributed by atoms with Crippen LogP contribution in [0.25, 0.3) is 0 Å². The molecular formula is C14H26F3N3O. The SMILES string of the molecule is CC(C)(C)CCC(=O)NCC(N1CCNCC1)C(F)(F)F. The fourth-order valence-electron chi connectivity index (χ4n) is 2.23. The molecule has 1 fully saturated rings. The lowest BCUT2D eigenvalue weighted by Gasteiger charge is -2.36. The van der Waals surface area contributed by atoms with Gasteiger partial charge in [-0.05, 0) is 11.8 Å². The third-order valence-corrected chi connectivity index (χ3v) is 3.56. The second-order valence-electron chi connectivity index (χ2n) is 6.71. The number of rotatable bonds is 5. The highest BCUT2D eigenvalue weighted by Gasteiger charge is 2.43. The number of hydrogen-bond acceptors (Lipinski definition) is 3. The van der Waals surface area contributed by atoms with Crippen molar-refractivity contribution in [3.63, 3.8) is 0 Å². The Bertz CT molecular complexity index is 333. The normalized spacial score (nSPS) is 19.3. The summed E-state index contributed by atoms with van der Waals surface area (Å²) < 4.78 is 39.4. The van der Waals surface area contributed by atoms with Crippen molar-refractivity contribution in [2.45, 2.75) is 45.8 Å². The van der Waals surface area contributed by atoms with Gasteiger partial charge in [0, 0.05) is 39.1 Å². The van der Waals surface area contributed by atoms with Crippen LogP contribution in [0.4, 0.5) is 13.2 Å². The summed E-state index contributed by atoms with van der Waals surface area (Å²) in [6.45, 7) is 7.42. The van der Waals surface area contributed by atoms with Gasteiger partial charge in [0.05, 0.1) is 0 Å². The van der Waals surface area contributed by atoms with Gasteiger partial charge in [0.25, 0.3) is 0 Å². The molecule has 0 bridgehead atoms. The molecule has 0 aromatic heterocycles. The molecule has 1 heterocycles. The van der Waals surface area contributed by atoms with Crippen LogP contribution >= 0.6 is 0 Å². The largest absolute Gasteiger partial charge is 0.405 e. The van der Waals surface area contributed by atoms with E-state index >= 15 is 0 Å². The van der Waals surface area contributed by atoms with Crippen LogP contribution in [0.2, 0.25) is 0 Å². The third kappa shape index (κ3) is 7.13. The number of carbonyl (C=O) groups excluding carboxylic acids is 1. The van der Waals surface area contributed by atoms with Gasteiger partial charge in [0.2, 0.25) is 5.91 Å². The van der Waals surface area contributed by atoms with Crippen molar-refractivity contribution in [3.8, 4) is 0 Å². The number of nitrogens with one attached hydrogen (secondary N) is 2. The molecule has 0 saturated carbocycles. The summed E-state index contributed by atoms with van der Waals surface area (Å²) in [4.78, 5) is 13.1. The topological polar surface area (TPSA) is 44.4 Å². The van der Waals surface area contributed by atoms with E-state index in [1.54, 1.807) is 0 Å². The first-order valence-electron chi connectivity index (χ1n) is 7.38. The zero-order valence-electron chi connectivity index (χ0n) is 13.0. The first-order chi connectivity index (χ1) is 9.59. The Balaban J connectivity index is 2.48. The monoisotopic (exact) mass is 309 g/mol. The molecule has 2 N–H and O–H groups in total. The highest BCUT2D eigenvalue weighted by molar-refractivity contribution is 5.75. The summed E-state index contributed by atoms with van der Waals surface area (Å²) in [6.07, 6.45) is -3.41. The predicted molar refractivity (Wildman–Crippen MR) is 76.0 cm³/mol. The van der Waals surface area contributed by atoms with Gasteiger partial charge in [-0.15, -0.1) is 0 Å². The average Bonchev–Trinajstić information content (AvgIpc) is 2.35. The Morgan fingerprint density at radius 3 is 2.29 bits per heavy atom. The van der Waals surface area contributed by atoms with Crippen LogP contribution in [0.3, 0.4) is 0 Å². The molecule has 1 unspecified atom stereocenters. The van der Waals surface area contributed by atoms with Crippen molar-refractivity contribution in [3.05, 3.63) is 0 Å².